The lowest BCUT2D eigenvalue weighted by atomic mass is 10.0. The van der Waals surface area contributed by atoms with E-state index in [0.717, 1.165) is 25.2 Å². The maximum absolute atomic E-state index is 13.1. The van der Waals surface area contributed by atoms with E-state index in [1.54, 1.807) is 20.3 Å². The molecular formula is C24H28N2O3. The second-order valence-corrected chi connectivity index (χ2v) is 7.63. The molecule has 2 fully saturated rings. The van der Waals surface area contributed by atoms with E-state index in [9.17, 15) is 4.79 Å². The van der Waals surface area contributed by atoms with E-state index in [-0.39, 0.29) is 11.9 Å². The number of methoxy groups -OCH3 is 2. The summed E-state index contributed by atoms with van der Waals surface area (Å²) >= 11 is 0. The van der Waals surface area contributed by atoms with Crippen molar-refractivity contribution < 1.29 is 14.3 Å². The molecule has 29 heavy (non-hydrogen) atoms. The molecule has 0 N–H and O–H groups in total. The second kappa shape index (κ2) is 8.70. The monoisotopic (exact) mass is 392 g/mol. The van der Waals surface area contributed by atoms with Crippen molar-refractivity contribution >= 4 is 12.0 Å². The fourth-order valence-electron chi connectivity index (χ4n) is 4.02. The molecular weight excluding hydrogens is 364 g/mol. The van der Waals surface area contributed by atoms with Gasteiger partial charge < -0.3 is 14.4 Å². The number of hydrogen-bond acceptors (Lipinski definition) is 4. The number of rotatable bonds is 6. The minimum Gasteiger partial charge on any atom is -0.493 e. The van der Waals surface area contributed by atoms with Crippen LogP contribution in [-0.2, 0) is 4.79 Å². The van der Waals surface area contributed by atoms with Crippen LogP contribution in [0.25, 0.3) is 6.08 Å². The summed E-state index contributed by atoms with van der Waals surface area (Å²) in [5, 5.41) is 0. The molecule has 152 valence electrons. The Morgan fingerprint density at radius 1 is 1.00 bits per heavy atom. The summed E-state index contributed by atoms with van der Waals surface area (Å²) in [6, 6.07) is 16.8. The van der Waals surface area contributed by atoms with Crippen LogP contribution in [0.3, 0.4) is 0 Å². The molecule has 5 nitrogen and oxygen atoms in total. The van der Waals surface area contributed by atoms with Crippen molar-refractivity contribution in [3.05, 3.63) is 65.7 Å². The third kappa shape index (κ3) is 4.46. The molecule has 1 amide bonds. The Hall–Kier alpha value is -2.79. The highest BCUT2D eigenvalue weighted by atomic mass is 16.5. The molecule has 0 aromatic heterocycles. The highest BCUT2D eigenvalue weighted by molar-refractivity contribution is 5.92. The fourth-order valence-corrected chi connectivity index (χ4v) is 4.02. The molecule has 2 aromatic rings. The van der Waals surface area contributed by atoms with Crippen LogP contribution in [0.4, 0.5) is 0 Å². The van der Waals surface area contributed by atoms with E-state index >= 15 is 0 Å². The lowest BCUT2D eigenvalue weighted by Crippen LogP contribution is -2.50. The molecule has 4 rings (SSSR count). The molecule has 0 spiro atoms. The van der Waals surface area contributed by atoms with E-state index in [2.05, 4.69) is 17.0 Å². The zero-order chi connectivity index (χ0) is 20.2. The number of carbonyl (C=O) groups is 1. The number of ether oxygens (including phenoxy) is 2. The van der Waals surface area contributed by atoms with Gasteiger partial charge in [0.25, 0.3) is 0 Å². The molecule has 0 bridgehead atoms. The van der Waals surface area contributed by atoms with E-state index in [1.807, 2.05) is 47.4 Å². The van der Waals surface area contributed by atoms with Gasteiger partial charge in [-0.05, 0) is 42.2 Å². The molecule has 1 saturated heterocycles. The van der Waals surface area contributed by atoms with Gasteiger partial charge in [0.2, 0.25) is 5.91 Å². The summed E-state index contributed by atoms with van der Waals surface area (Å²) in [7, 11) is 3.22. The zero-order valence-electron chi connectivity index (χ0n) is 17.1. The van der Waals surface area contributed by atoms with Gasteiger partial charge in [0.15, 0.2) is 11.5 Å². The number of nitrogens with zero attached hydrogens (tertiary/aromatic N) is 2. The molecule has 1 atom stereocenters. The van der Waals surface area contributed by atoms with E-state index in [0.29, 0.717) is 17.5 Å². The van der Waals surface area contributed by atoms with Crippen LogP contribution in [0.15, 0.2) is 54.6 Å². The number of hydrogen-bond donors (Lipinski definition) is 0. The number of benzene rings is 2. The van der Waals surface area contributed by atoms with Crippen LogP contribution < -0.4 is 9.47 Å². The minimum atomic E-state index is 0.0454. The maximum Gasteiger partial charge on any atom is 0.247 e. The lowest BCUT2D eigenvalue weighted by molar-refractivity contribution is -0.131. The van der Waals surface area contributed by atoms with Crippen molar-refractivity contribution in [1.82, 2.24) is 9.80 Å². The summed E-state index contributed by atoms with van der Waals surface area (Å²) < 4.78 is 10.6. The molecule has 2 aromatic carbocycles. The summed E-state index contributed by atoms with van der Waals surface area (Å²) in [4.78, 5) is 17.6. The normalized spacial score (nSPS) is 20.1. The molecule has 1 aliphatic heterocycles. The first-order valence-corrected chi connectivity index (χ1v) is 10.2. The van der Waals surface area contributed by atoms with Crippen molar-refractivity contribution in [3.8, 4) is 11.5 Å². The van der Waals surface area contributed by atoms with Gasteiger partial charge in [-0.1, -0.05) is 36.4 Å². The van der Waals surface area contributed by atoms with Crippen LogP contribution in [0.1, 0.15) is 30.0 Å². The van der Waals surface area contributed by atoms with Crippen LogP contribution in [0.2, 0.25) is 0 Å². The number of carbonyl (C=O) groups excluding carboxylic acids is 1. The van der Waals surface area contributed by atoms with Crippen LogP contribution in [0, 0.1) is 0 Å². The predicted octanol–water partition coefficient (Wildman–Crippen LogP) is 3.76. The fraction of sp³-hybridized carbons (Fsp3) is 0.375. The van der Waals surface area contributed by atoms with Gasteiger partial charge in [-0.3, -0.25) is 9.69 Å². The number of piperazine rings is 1. The van der Waals surface area contributed by atoms with Gasteiger partial charge in [-0.25, -0.2) is 0 Å². The van der Waals surface area contributed by atoms with Crippen molar-refractivity contribution in [3.63, 3.8) is 0 Å². The van der Waals surface area contributed by atoms with Gasteiger partial charge in [-0.15, -0.1) is 0 Å². The van der Waals surface area contributed by atoms with E-state index in [4.69, 9.17) is 9.47 Å². The maximum atomic E-state index is 13.1. The average Bonchev–Trinajstić information content (AvgIpc) is 3.63. The zero-order valence-corrected chi connectivity index (χ0v) is 17.1. The molecule has 1 saturated carbocycles. The summed E-state index contributed by atoms with van der Waals surface area (Å²) in [5.41, 5.74) is 2.11. The van der Waals surface area contributed by atoms with Crippen LogP contribution in [0.5, 0.6) is 11.5 Å². The predicted molar refractivity (Wildman–Crippen MR) is 114 cm³/mol. The Balaban J connectivity index is 1.52. The van der Waals surface area contributed by atoms with Crippen molar-refractivity contribution in [1.29, 1.82) is 0 Å². The third-order valence-corrected chi connectivity index (χ3v) is 5.77. The topological polar surface area (TPSA) is 42.0 Å². The Morgan fingerprint density at radius 3 is 2.45 bits per heavy atom. The van der Waals surface area contributed by atoms with Gasteiger partial charge >= 0.3 is 0 Å². The van der Waals surface area contributed by atoms with Crippen molar-refractivity contribution in [2.45, 2.75) is 24.9 Å². The molecule has 1 aliphatic carbocycles. The smallest absolute Gasteiger partial charge is 0.247 e. The third-order valence-electron chi connectivity index (χ3n) is 5.77. The van der Waals surface area contributed by atoms with Gasteiger partial charge in [0.05, 0.1) is 20.3 Å². The Bertz CT molecular complexity index is 877. The SMILES string of the molecule is COc1ccc(/C=C/C(=O)N2CCN(C3CC3)CC2c2ccccc2)cc1OC. The Labute approximate surface area is 172 Å². The highest BCUT2D eigenvalue weighted by Gasteiger charge is 2.37. The Morgan fingerprint density at radius 2 is 1.76 bits per heavy atom. The van der Waals surface area contributed by atoms with Gasteiger partial charge in [0.1, 0.15) is 0 Å². The first kappa shape index (κ1) is 19.5. The second-order valence-electron chi connectivity index (χ2n) is 7.63. The molecule has 1 heterocycles. The van der Waals surface area contributed by atoms with Crippen LogP contribution >= 0.6 is 0 Å². The molecule has 0 radical (unpaired) electrons. The average molecular weight is 392 g/mol. The molecule has 2 aliphatic rings. The van der Waals surface area contributed by atoms with Crippen LogP contribution in [-0.4, -0.2) is 55.6 Å². The first-order valence-electron chi connectivity index (χ1n) is 10.2. The van der Waals surface area contributed by atoms with Gasteiger partial charge in [0, 0.05) is 31.8 Å². The molecule has 1 unspecified atom stereocenters. The highest BCUT2D eigenvalue weighted by Crippen LogP contribution is 2.34. The quantitative estimate of drug-likeness (QED) is 0.702. The largest absolute Gasteiger partial charge is 0.493 e. The summed E-state index contributed by atoms with van der Waals surface area (Å²) in [5.74, 6) is 1.38. The number of amides is 1. The van der Waals surface area contributed by atoms with Crippen molar-refractivity contribution in [2.24, 2.45) is 0 Å². The standard InChI is InChI=1S/C24H28N2O3/c1-28-22-12-8-18(16-23(22)29-2)9-13-24(27)26-15-14-25(20-10-11-20)17-21(26)19-6-4-3-5-7-19/h3-9,12-13,16,20-21H,10-11,14-15,17H2,1-2H3/b13-9+. The summed E-state index contributed by atoms with van der Waals surface area (Å²) in [6.45, 7) is 2.61. The van der Waals surface area contributed by atoms with Crippen molar-refractivity contribution in [2.75, 3.05) is 33.9 Å². The summed E-state index contributed by atoms with van der Waals surface area (Å²) in [6.07, 6.45) is 6.09. The van der Waals surface area contributed by atoms with Gasteiger partial charge in [-0.2, -0.15) is 0 Å². The first-order chi connectivity index (χ1) is 14.2. The lowest BCUT2D eigenvalue weighted by Gasteiger charge is -2.41. The minimum absolute atomic E-state index is 0.0454. The van der Waals surface area contributed by atoms with E-state index < -0.39 is 0 Å². The molecule has 5 heteroatoms. The Kier molecular flexibility index (Phi) is 5.86. The van der Waals surface area contributed by atoms with E-state index in [1.165, 1.54) is 18.4 Å².